The Bertz CT molecular complexity index is 1420. The van der Waals surface area contributed by atoms with Gasteiger partial charge < -0.3 is 10.4 Å². The van der Waals surface area contributed by atoms with Gasteiger partial charge in [0.25, 0.3) is 5.91 Å². The number of alkyl halides is 3. The van der Waals surface area contributed by atoms with Crippen molar-refractivity contribution in [3.63, 3.8) is 0 Å². The average molecular weight is 554 g/mol. The quantitative estimate of drug-likeness (QED) is 0.173. The molecule has 0 fully saturated rings. The van der Waals surface area contributed by atoms with Gasteiger partial charge in [-0.05, 0) is 77.2 Å². The van der Waals surface area contributed by atoms with Gasteiger partial charge in [0.05, 0.1) is 17.7 Å². The molecule has 39 heavy (non-hydrogen) atoms. The van der Waals surface area contributed by atoms with Gasteiger partial charge in [-0.25, -0.2) is 4.39 Å². The summed E-state index contributed by atoms with van der Waals surface area (Å²) in [6.07, 6.45) is -1.88. The Balaban J connectivity index is 1.50. The molecule has 2 N–H and O–H groups in total. The number of hydrogen-bond donors (Lipinski definition) is 2. The zero-order valence-corrected chi connectivity index (χ0v) is 21.3. The molecule has 0 heterocycles. The minimum absolute atomic E-state index is 0.0460. The Kier molecular flexibility index (Phi) is 8.84. The summed E-state index contributed by atoms with van der Waals surface area (Å²) in [5.41, 5.74) is 2.20. The second kappa shape index (κ2) is 12.3. The summed E-state index contributed by atoms with van der Waals surface area (Å²) >= 11 is 5.91. The van der Waals surface area contributed by atoms with Crippen molar-refractivity contribution in [1.82, 2.24) is 5.32 Å². The molecule has 0 radical (unpaired) electrons. The van der Waals surface area contributed by atoms with Crippen LogP contribution in [-0.2, 0) is 12.6 Å². The summed E-state index contributed by atoms with van der Waals surface area (Å²) < 4.78 is 52.3. The lowest BCUT2D eigenvalue weighted by molar-refractivity contribution is -0.137. The van der Waals surface area contributed by atoms with Crippen LogP contribution in [0.3, 0.4) is 0 Å². The van der Waals surface area contributed by atoms with Crippen LogP contribution >= 0.6 is 11.6 Å². The maximum Gasteiger partial charge on any atom is 0.416 e. The molecular formula is C31H24ClF4NO2. The van der Waals surface area contributed by atoms with Gasteiger partial charge in [0.1, 0.15) is 5.82 Å². The molecule has 200 valence electrons. The first kappa shape index (κ1) is 28.1. The average Bonchev–Trinajstić information content (AvgIpc) is 2.92. The first-order chi connectivity index (χ1) is 18.6. The number of aliphatic hydroxyl groups excluding tert-OH is 1. The lowest BCUT2D eigenvalue weighted by Crippen LogP contribution is -2.41. The largest absolute Gasteiger partial charge is 0.416 e. The van der Waals surface area contributed by atoms with E-state index in [-0.39, 0.29) is 6.42 Å². The number of rotatable bonds is 8. The number of carbonyl (C=O) groups is 1. The summed E-state index contributed by atoms with van der Waals surface area (Å²) in [5, 5.41) is 14.4. The smallest absolute Gasteiger partial charge is 0.386 e. The number of aliphatic hydroxyl groups is 1. The molecule has 0 aliphatic rings. The monoisotopic (exact) mass is 553 g/mol. The Labute approximate surface area is 228 Å². The SMILES string of the molecule is O=C(NC(Cc1ccc(C(F)(F)F)cc1)C(O)c1ccc(F)cc1)c1ccc(/C=C\c2ccc(Cl)cc2)cc1. The number of amides is 1. The second-order valence-corrected chi connectivity index (χ2v) is 9.42. The van der Waals surface area contributed by atoms with Crippen LogP contribution in [0.25, 0.3) is 12.2 Å². The number of benzene rings is 4. The van der Waals surface area contributed by atoms with E-state index in [0.717, 1.165) is 23.3 Å². The molecule has 2 unspecified atom stereocenters. The lowest BCUT2D eigenvalue weighted by atomic mass is 9.95. The molecule has 3 nitrogen and oxygen atoms in total. The standard InChI is InChI=1S/C31H24ClF4NO2/c32-26-15-7-21(8-16-26)2-1-20-3-9-24(10-4-20)30(39)37-28(29(38)23-11-17-27(33)18-12-23)19-22-5-13-25(14-6-22)31(34,35)36/h1-18,28-29,38H,19H2,(H,37,39)/b2-1-. The van der Waals surface area contributed by atoms with E-state index in [9.17, 15) is 27.5 Å². The zero-order valence-electron chi connectivity index (χ0n) is 20.5. The van der Waals surface area contributed by atoms with Gasteiger partial charge in [0.2, 0.25) is 0 Å². The van der Waals surface area contributed by atoms with Crippen LogP contribution < -0.4 is 5.32 Å². The van der Waals surface area contributed by atoms with E-state index in [4.69, 9.17) is 11.6 Å². The van der Waals surface area contributed by atoms with Gasteiger partial charge in [0.15, 0.2) is 0 Å². The summed E-state index contributed by atoms with van der Waals surface area (Å²) in [5.74, 6) is -0.958. The minimum atomic E-state index is -4.48. The molecule has 0 aliphatic carbocycles. The maximum atomic E-state index is 13.4. The van der Waals surface area contributed by atoms with Crippen molar-refractivity contribution in [3.05, 3.63) is 141 Å². The zero-order chi connectivity index (χ0) is 28.0. The summed E-state index contributed by atoms with van der Waals surface area (Å²) in [6, 6.07) is 22.9. The van der Waals surface area contributed by atoms with Gasteiger partial charge in [-0.1, -0.05) is 72.3 Å². The van der Waals surface area contributed by atoms with E-state index in [1.807, 2.05) is 24.3 Å². The first-order valence-corrected chi connectivity index (χ1v) is 12.4. The highest BCUT2D eigenvalue weighted by Crippen LogP contribution is 2.30. The topological polar surface area (TPSA) is 49.3 Å². The number of carbonyl (C=O) groups excluding carboxylic acids is 1. The van der Waals surface area contributed by atoms with Crippen molar-refractivity contribution in [2.75, 3.05) is 0 Å². The molecule has 4 rings (SSSR count). The third kappa shape index (κ3) is 7.78. The molecule has 4 aromatic carbocycles. The van der Waals surface area contributed by atoms with Gasteiger partial charge in [0, 0.05) is 10.6 Å². The fourth-order valence-corrected chi connectivity index (χ4v) is 4.11. The Morgan fingerprint density at radius 1 is 0.821 bits per heavy atom. The van der Waals surface area contributed by atoms with Gasteiger partial charge >= 0.3 is 6.18 Å². The van der Waals surface area contributed by atoms with E-state index in [1.165, 1.54) is 36.4 Å². The molecule has 0 spiro atoms. The van der Waals surface area contributed by atoms with Crippen LogP contribution in [0.4, 0.5) is 17.6 Å². The molecule has 8 heteroatoms. The fraction of sp³-hybridized carbons (Fsp3) is 0.129. The molecular weight excluding hydrogens is 530 g/mol. The molecule has 0 aromatic heterocycles. The van der Waals surface area contributed by atoms with Crippen LogP contribution in [0.2, 0.25) is 5.02 Å². The highest BCUT2D eigenvalue weighted by molar-refractivity contribution is 6.30. The van der Waals surface area contributed by atoms with Crippen LogP contribution in [0.15, 0.2) is 97.1 Å². The van der Waals surface area contributed by atoms with Crippen molar-refractivity contribution >= 4 is 29.7 Å². The van der Waals surface area contributed by atoms with E-state index >= 15 is 0 Å². The highest BCUT2D eigenvalue weighted by Gasteiger charge is 2.30. The van der Waals surface area contributed by atoms with Gasteiger partial charge in [-0.2, -0.15) is 13.2 Å². The highest BCUT2D eigenvalue weighted by atomic mass is 35.5. The molecule has 0 bridgehead atoms. The Morgan fingerprint density at radius 3 is 1.90 bits per heavy atom. The maximum absolute atomic E-state index is 13.4. The Hall–Kier alpha value is -3.94. The molecule has 0 aliphatic heterocycles. The Morgan fingerprint density at radius 2 is 1.36 bits per heavy atom. The van der Waals surface area contributed by atoms with E-state index in [0.29, 0.717) is 21.7 Å². The minimum Gasteiger partial charge on any atom is -0.386 e. The van der Waals surface area contributed by atoms with E-state index in [2.05, 4.69) is 5.32 Å². The molecule has 4 aromatic rings. The van der Waals surface area contributed by atoms with E-state index < -0.39 is 35.6 Å². The van der Waals surface area contributed by atoms with Crippen molar-refractivity contribution in [2.24, 2.45) is 0 Å². The van der Waals surface area contributed by atoms with Crippen molar-refractivity contribution in [2.45, 2.75) is 24.7 Å². The molecule has 2 atom stereocenters. The van der Waals surface area contributed by atoms with Gasteiger partial charge in [-0.3, -0.25) is 4.79 Å². The predicted octanol–water partition coefficient (Wildman–Crippen LogP) is 7.74. The second-order valence-electron chi connectivity index (χ2n) is 8.98. The van der Waals surface area contributed by atoms with Crippen LogP contribution in [0, 0.1) is 5.82 Å². The van der Waals surface area contributed by atoms with Crippen LogP contribution in [0.5, 0.6) is 0 Å². The summed E-state index contributed by atoms with van der Waals surface area (Å²) in [7, 11) is 0. The third-order valence-corrected chi connectivity index (χ3v) is 6.41. The fourth-order valence-electron chi connectivity index (χ4n) is 3.98. The number of nitrogens with one attached hydrogen (secondary N) is 1. The van der Waals surface area contributed by atoms with Crippen LogP contribution in [-0.4, -0.2) is 17.1 Å². The lowest BCUT2D eigenvalue weighted by Gasteiger charge is -2.25. The molecule has 0 saturated carbocycles. The predicted molar refractivity (Wildman–Crippen MR) is 145 cm³/mol. The van der Waals surface area contributed by atoms with Crippen LogP contribution in [0.1, 0.15) is 44.3 Å². The summed E-state index contributed by atoms with van der Waals surface area (Å²) in [6.45, 7) is 0. The molecule has 0 saturated heterocycles. The number of halogens is 5. The van der Waals surface area contributed by atoms with Crippen molar-refractivity contribution in [3.8, 4) is 0 Å². The normalized spacial score (nSPS) is 13.3. The summed E-state index contributed by atoms with van der Waals surface area (Å²) in [4.78, 5) is 13.1. The van der Waals surface area contributed by atoms with Crippen molar-refractivity contribution in [1.29, 1.82) is 0 Å². The first-order valence-electron chi connectivity index (χ1n) is 12.0. The van der Waals surface area contributed by atoms with Gasteiger partial charge in [-0.15, -0.1) is 0 Å². The van der Waals surface area contributed by atoms with E-state index in [1.54, 1.807) is 36.4 Å². The van der Waals surface area contributed by atoms with Crippen molar-refractivity contribution < 1.29 is 27.5 Å². The molecule has 1 amide bonds. The third-order valence-electron chi connectivity index (χ3n) is 6.16. The number of hydrogen-bond acceptors (Lipinski definition) is 2.